The van der Waals surface area contributed by atoms with E-state index in [-0.39, 0.29) is 28.4 Å². The fourth-order valence-electron chi connectivity index (χ4n) is 0.357. The molecule has 66 valence electrons. The molecule has 0 heterocycles. The Hall–Kier alpha value is -0.0000000000000000278. The molecule has 0 rings (SSSR count). The Bertz CT molecular complexity index is 144. The van der Waals surface area contributed by atoms with Crippen molar-refractivity contribution in [3.05, 3.63) is 0 Å². The molecule has 0 atom stereocenters. The normalized spacial score (nSPS) is 9.73. The smallest absolute Gasteiger partial charge is 0.254 e. The van der Waals surface area contributed by atoms with Gasteiger partial charge in [0.1, 0.15) is 0 Å². The number of hydrogen-bond donors (Lipinski definition) is 2. The van der Waals surface area contributed by atoms with Crippen LogP contribution in [0.25, 0.3) is 0 Å². The van der Waals surface area contributed by atoms with Gasteiger partial charge in [0.25, 0.3) is 5.91 Å². The second-order valence-electron chi connectivity index (χ2n) is 2.82. The summed E-state index contributed by atoms with van der Waals surface area (Å²) in [6, 6.07) is 0. The topological polar surface area (TPSA) is 55.1 Å². The summed E-state index contributed by atoms with van der Waals surface area (Å²) < 4.78 is 0. The van der Waals surface area contributed by atoms with Crippen LogP contribution in [0.3, 0.4) is 0 Å². The summed E-state index contributed by atoms with van der Waals surface area (Å²) in [6.07, 6.45) is 0. The lowest BCUT2D eigenvalue weighted by atomic mass is 10.1. The first-order valence-corrected chi connectivity index (χ1v) is 3.45. The summed E-state index contributed by atoms with van der Waals surface area (Å²) in [5.41, 5.74) is 5.21. The quantitative estimate of drug-likeness (QED) is 0.704. The highest BCUT2D eigenvalue weighted by Crippen LogP contribution is 1.91. The molecule has 0 spiro atoms. The summed E-state index contributed by atoms with van der Waals surface area (Å²) in [7, 11) is 0. The fourth-order valence-corrected chi connectivity index (χ4v) is 0.440. The number of amides is 1. The molecular weight excluding hydrogens is 228 g/mol. The largest absolute Gasteiger partial charge is 0.350 e. The molecule has 0 aromatic rings. The maximum atomic E-state index is 10.5. The van der Waals surface area contributed by atoms with Gasteiger partial charge in [-0.05, 0) is 13.8 Å². The first-order valence-electron chi connectivity index (χ1n) is 2.97. The average molecular weight is 241 g/mol. The molecule has 0 aromatic carbocycles. The van der Waals surface area contributed by atoms with Crippen LogP contribution in [0.4, 0.5) is 0 Å². The van der Waals surface area contributed by atoms with Crippen LogP contribution < -0.4 is 11.1 Å². The van der Waals surface area contributed by atoms with E-state index < -0.39 is 0 Å². The lowest BCUT2D eigenvalue weighted by molar-refractivity contribution is -0.114. The number of nitrogens with one attached hydrogen (secondary N) is 1. The first kappa shape index (κ1) is 13.6. The highest BCUT2D eigenvalue weighted by atomic mass is 79.9. The van der Waals surface area contributed by atoms with Crippen molar-refractivity contribution < 1.29 is 4.79 Å². The van der Waals surface area contributed by atoms with Crippen LogP contribution >= 0.6 is 29.2 Å². The maximum Gasteiger partial charge on any atom is 0.254 e. The summed E-state index contributed by atoms with van der Waals surface area (Å²) in [5.74, 6) is -0.256. The third-order valence-corrected chi connectivity index (χ3v) is 1.04. The van der Waals surface area contributed by atoms with Crippen LogP contribution in [0.15, 0.2) is 0 Å². The van der Waals surface area contributed by atoms with Crippen molar-refractivity contribution >= 4 is 40.5 Å². The predicted molar refractivity (Wildman–Crippen MR) is 55.3 cm³/mol. The van der Waals surface area contributed by atoms with E-state index in [1.54, 1.807) is 0 Å². The van der Waals surface area contributed by atoms with E-state index in [1.807, 2.05) is 13.8 Å². The van der Waals surface area contributed by atoms with Crippen molar-refractivity contribution in [2.75, 3.05) is 6.54 Å². The second-order valence-corrected chi connectivity index (χ2v) is 3.06. The lowest BCUT2D eigenvalue weighted by Gasteiger charge is -2.17. The Labute approximate surface area is 82.5 Å². The molecule has 0 bridgehead atoms. The number of hydrogen-bond acceptors (Lipinski definition) is 3. The minimum Gasteiger partial charge on any atom is -0.350 e. The highest BCUT2D eigenvalue weighted by Gasteiger charge is 2.10. The SMILES string of the molecule is Br.CC(C)(N)CNC(=O)C=S. The zero-order valence-corrected chi connectivity index (χ0v) is 9.12. The minimum atomic E-state index is -0.367. The zero-order chi connectivity index (χ0) is 8.20. The molecule has 1 amide bonds. The van der Waals surface area contributed by atoms with Crippen molar-refractivity contribution in [2.45, 2.75) is 19.4 Å². The summed E-state index contributed by atoms with van der Waals surface area (Å²) in [5, 5.41) is 3.61. The molecule has 0 radical (unpaired) electrons. The van der Waals surface area contributed by atoms with E-state index >= 15 is 0 Å². The molecule has 0 aliphatic rings. The van der Waals surface area contributed by atoms with Gasteiger partial charge in [-0.1, -0.05) is 12.2 Å². The van der Waals surface area contributed by atoms with Gasteiger partial charge in [-0.3, -0.25) is 4.79 Å². The summed E-state index contributed by atoms with van der Waals surface area (Å²) >= 11 is 4.39. The lowest BCUT2D eigenvalue weighted by Crippen LogP contribution is -2.45. The van der Waals surface area contributed by atoms with Crippen molar-refractivity contribution in [3.8, 4) is 0 Å². The third-order valence-electron chi connectivity index (χ3n) is 0.825. The minimum absolute atomic E-state index is 0. The molecule has 0 saturated heterocycles. The van der Waals surface area contributed by atoms with Gasteiger partial charge < -0.3 is 11.1 Å². The molecule has 0 saturated carbocycles. The highest BCUT2D eigenvalue weighted by molar-refractivity contribution is 8.93. The van der Waals surface area contributed by atoms with Crippen LogP contribution in [0.2, 0.25) is 0 Å². The van der Waals surface area contributed by atoms with Gasteiger partial charge in [-0.15, -0.1) is 17.0 Å². The Morgan fingerprint density at radius 3 is 2.45 bits per heavy atom. The molecule has 0 fully saturated rings. The number of thiocarbonyl (C=S) groups is 1. The molecule has 5 heteroatoms. The number of carbonyl (C=O) groups excluding carboxylic acids is 1. The van der Waals surface area contributed by atoms with E-state index in [0.29, 0.717) is 6.54 Å². The van der Waals surface area contributed by atoms with E-state index in [4.69, 9.17) is 5.73 Å². The molecule has 0 unspecified atom stereocenters. The number of rotatable bonds is 3. The molecule has 0 aromatic heterocycles. The number of halogens is 1. The molecule has 3 nitrogen and oxygen atoms in total. The van der Waals surface area contributed by atoms with E-state index in [2.05, 4.69) is 17.5 Å². The van der Waals surface area contributed by atoms with Gasteiger partial charge in [0.05, 0.1) is 5.37 Å². The van der Waals surface area contributed by atoms with E-state index in [0.717, 1.165) is 5.37 Å². The second kappa shape index (κ2) is 5.62. The Morgan fingerprint density at radius 2 is 2.18 bits per heavy atom. The Morgan fingerprint density at radius 1 is 1.73 bits per heavy atom. The predicted octanol–water partition coefficient (Wildman–Crippen LogP) is 0.417. The van der Waals surface area contributed by atoms with Crippen molar-refractivity contribution in [2.24, 2.45) is 5.73 Å². The van der Waals surface area contributed by atoms with Gasteiger partial charge >= 0.3 is 0 Å². The standard InChI is InChI=1S/C6H12N2OS.BrH/c1-6(2,7)4-8-5(9)3-10;/h3H,4,7H2,1-2H3,(H,8,9);1H. The monoisotopic (exact) mass is 240 g/mol. The molecule has 3 N–H and O–H groups in total. The van der Waals surface area contributed by atoms with Crippen LogP contribution in [-0.4, -0.2) is 23.4 Å². The van der Waals surface area contributed by atoms with Crippen LogP contribution in [-0.2, 0) is 4.79 Å². The Balaban J connectivity index is 0. The molecular formula is C6H13BrN2OS. The van der Waals surface area contributed by atoms with Gasteiger partial charge in [0, 0.05) is 12.1 Å². The maximum absolute atomic E-state index is 10.5. The van der Waals surface area contributed by atoms with Gasteiger partial charge in [0.2, 0.25) is 0 Å². The molecule has 11 heavy (non-hydrogen) atoms. The number of nitrogens with two attached hydrogens (primary N) is 1. The number of carbonyl (C=O) groups is 1. The van der Waals surface area contributed by atoms with E-state index in [9.17, 15) is 4.79 Å². The van der Waals surface area contributed by atoms with Crippen molar-refractivity contribution in [1.29, 1.82) is 0 Å². The molecule has 0 aliphatic heterocycles. The summed E-state index contributed by atoms with van der Waals surface area (Å²) in [6.45, 7) is 4.10. The van der Waals surface area contributed by atoms with Gasteiger partial charge in [0.15, 0.2) is 0 Å². The van der Waals surface area contributed by atoms with Gasteiger partial charge in [-0.25, -0.2) is 0 Å². The Kier molecular flexibility index (Phi) is 6.94. The van der Waals surface area contributed by atoms with Crippen LogP contribution in [0, 0.1) is 0 Å². The first-order chi connectivity index (χ1) is 4.45. The van der Waals surface area contributed by atoms with Gasteiger partial charge in [-0.2, -0.15) is 0 Å². The fraction of sp³-hybridized carbons (Fsp3) is 0.667. The molecule has 0 aliphatic carbocycles. The average Bonchev–Trinajstić information content (AvgIpc) is 1.81. The van der Waals surface area contributed by atoms with Crippen molar-refractivity contribution in [3.63, 3.8) is 0 Å². The zero-order valence-electron chi connectivity index (χ0n) is 6.59. The van der Waals surface area contributed by atoms with E-state index in [1.165, 1.54) is 0 Å². The van der Waals surface area contributed by atoms with Crippen molar-refractivity contribution in [1.82, 2.24) is 5.32 Å². The third kappa shape index (κ3) is 10.0. The van der Waals surface area contributed by atoms with Crippen LogP contribution in [0.5, 0.6) is 0 Å². The van der Waals surface area contributed by atoms with Crippen LogP contribution in [0.1, 0.15) is 13.8 Å². The summed E-state index contributed by atoms with van der Waals surface area (Å²) in [4.78, 5) is 10.5.